The van der Waals surface area contributed by atoms with E-state index >= 15 is 0 Å². The molecular weight excluding hydrogens is 530 g/mol. The van der Waals surface area contributed by atoms with Crippen molar-refractivity contribution < 1.29 is 33.6 Å². The number of esters is 1. The van der Waals surface area contributed by atoms with Gasteiger partial charge in [0.2, 0.25) is 0 Å². The number of ketones is 1. The zero-order valence-corrected chi connectivity index (χ0v) is 24.5. The molecule has 0 unspecified atom stereocenters. The summed E-state index contributed by atoms with van der Waals surface area (Å²) in [7, 11) is 3.18. The number of hydrogen-bond donors (Lipinski definition) is 2. The van der Waals surface area contributed by atoms with Crippen molar-refractivity contribution in [2.24, 2.45) is 0 Å². The molecule has 8 nitrogen and oxygen atoms in total. The Balaban J connectivity index is 1.75. The standard InChI is InChI=1S/C31H37NO7S/c1-6-38-26-17-20(8-10-23(26)33)29-28(31(35)39-12-13-40-7-2)18(3)32-22-14-21(15-24(34)30(22)29)19-9-11-25(36-4)27(16-19)37-5/h8-11,16-17,21,29,32-33H,6-7,12-15H2,1-5H3/t21-,29-/m0/s1. The number of Topliss-reactive ketones (excluding diaryl/α,β-unsaturated/α-hetero) is 1. The summed E-state index contributed by atoms with van der Waals surface area (Å²) in [5.41, 5.74) is 4.02. The third kappa shape index (κ3) is 6.09. The van der Waals surface area contributed by atoms with Crippen molar-refractivity contribution in [1.82, 2.24) is 5.32 Å². The summed E-state index contributed by atoms with van der Waals surface area (Å²) in [5.74, 6) is 1.92. The summed E-state index contributed by atoms with van der Waals surface area (Å²) in [6.07, 6.45) is 0.855. The number of carbonyl (C=O) groups excluding carboxylic acids is 2. The first-order valence-corrected chi connectivity index (χ1v) is 14.6. The van der Waals surface area contributed by atoms with E-state index in [0.717, 1.165) is 17.0 Å². The number of dihydropyridines is 1. The van der Waals surface area contributed by atoms with E-state index in [2.05, 4.69) is 12.2 Å². The van der Waals surface area contributed by atoms with Gasteiger partial charge in [-0.3, -0.25) is 4.79 Å². The van der Waals surface area contributed by atoms with Crippen LogP contribution in [0.25, 0.3) is 0 Å². The van der Waals surface area contributed by atoms with Crippen LogP contribution in [0.2, 0.25) is 0 Å². The van der Waals surface area contributed by atoms with Crippen LogP contribution in [0.5, 0.6) is 23.0 Å². The maximum Gasteiger partial charge on any atom is 0.336 e. The van der Waals surface area contributed by atoms with E-state index in [1.165, 1.54) is 0 Å². The molecule has 40 heavy (non-hydrogen) atoms. The summed E-state index contributed by atoms with van der Waals surface area (Å²) in [6.45, 7) is 6.36. The number of phenolic OH excluding ortho intramolecular Hbond substituents is 1. The summed E-state index contributed by atoms with van der Waals surface area (Å²) >= 11 is 1.69. The molecule has 1 aliphatic heterocycles. The molecule has 9 heteroatoms. The van der Waals surface area contributed by atoms with Gasteiger partial charge >= 0.3 is 5.97 Å². The number of phenols is 1. The van der Waals surface area contributed by atoms with Gasteiger partial charge in [0.05, 0.1) is 26.4 Å². The molecular formula is C31H37NO7S. The van der Waals surface area contributed by atoms with Gasteiger partial charge in [-0.15, -0.1) is 0 Å². The third-order valence-corrected chi connectivity index (χ3v) is 8.07. The summed E-state index contributed by atoms with van der Waals surface area (Å²) in [6, 6.07) is 10.7. The van der Waals surface area contributed by atoms with Crippen molar-refractivity contribution in [3.8, 4) is 23.0 Å². The largest absolute Gasteiger partial charge is 0.504 e. The number of aromatic hydroxyl groups is 1. The van der Waals surface area contributed by atoms with E-state index in [1.807, 2.05) is 32.0 Å². The third-order valence-electron chi connectivity index (χ3n) is 7.21. The van der Waals surface area contributed by atoms with Crippen LogP contribution >= 0.6 is 11.8 Å². The molecule has 0 radical (unpaired) electrons. The minimum atomic E-state index is -0.652. The number of nitrogens with one attached hydrogen (secondary N) is 1. The van der Waals surface area contributed by atoms with E-state index in [-0.39, 0.29) is 30.5 Å². The Hall–Kier alpha value is -3.59. The lowest BCUT2D eigenvalue weighted by Gasteiger charge is -2.37. The van der Waals surface area contributed by atoms with Gasteiger partial charge in [0, 0.05) is 35.1 Å². The van der Waals surface area contributed by atoms with Gasteiger partial charge in [-0.05, 0) is 67.3 Å². The molecule has 2 atom stereocenters. The Morgan fingerprint density at radius 3 is 2.45 bits per heavy atom. The second-order valence-electron chi connectivity index (χ2n) is 9.62. The van der Waals surface area contributed by atoms with Crippen LogP contribution in [0.1, 0.15) is 56.6 Å². The van der Waals surface area contributed by atoms with Gasteiger partial charge in [-0.25, -0.2) is 4.79 Å². The van der Waals surface area contributed by atoms with Crippen molar-refractivity contribution >= 4 is 23.5 Å². The number of rotatable bonds is 11. The number of benzene rings is 2. The minimum absolute atomic E-state index is 0.00126. The summed E-state index contributed by atoms with van der Waals surface area (Å²) < 4.78 is 22.2. The van der Waals surface area contributed by atoms with E-state index < -0.39 is 11.9 Å². The van der Waals surface area contributed by atoms with E-state index in [9.17, 15) is 14.7 Å². The van der Waals surface area contributed by atoms with Crippen molar-refractivity contribution in [3.05, 3.63) is 70.1 Å². The molecule has 2 aromatic carbocycles. The Labute approximate surface area is 239 Å². The maximum atomic E-state index is 13.9. The second kappa shape index (κ2) is 13.2. The number of allylic oxidation sites excluding steroid dienone is 3. The monoisotopic (exact) mass is 567 g/mol. The topological polar surface area (TPSA) is 103 Å². The molecule has 0 spiro atoms. The quantitative estimate of drug-likeness (QED) is 0.270. The van der Waals surface area contributed by atoms with Crippen LogP contribution in [0.4, 0.5) is 0 Å². The van der Waals surface area contributed by atoms with Crippen molar-refractivity contribution in [2.45, 2.75) is 45.4 Å². The number of ether oxygens (including phenoxy) is 4. The van der Waals surface area contributed by atoms with Gasteiger partial charge in [-0.1, -0.05) is 19.1 Å². The fourth-order valence-corrected chi connectivity index (χ4v) is 5.87. The van der Waals surface area contributed by atoms with Crippen LogP contribution in [0.3, 0.4) is 0 Å². The summed E-state index contributed by atoms with van der Waals surface area (Å²) in [4.78, 5) is 27.4. The van der Waals surface area contributed by atoms with Gasteiger partial charge in [-0.2, -0.15) is 11.8 Å². The molecule has 2 N–H and O–H groups in total. The molecule has 0 saturated carbocycles. The highest BCUT2D eigenvalue weighted by Gasteiger charge is 2.41. The predicted octanol–water partition coefficient (Wildman–Crippen LogP) is 5.47. The van der Waals surface area contributed by atoms with Gasteiger partial charge < -0.3 is 29.4 Å². The van der Waals surface area contributed by atoms with E-state index in [1.54, 1.807) is 44.2 Å². The number of thioether (sulfide) groups is 1. The summed E-state index contributed by atoms with van der Waals surface area (Å²) in [5, 5.41) is 13.7. The predicted molar refractivity (Wildman–Crippen MR) is 155 cm³/mol. The average Bonchev–Trinajstić information content (AvgIpc) is 2.95. The van der Waals surface area contributed by atoms with Crippen LogP contribution < -0.4 is 19.5 Å². The minimum Gasteiger partial charge on any atom is -0.504 e. The van der Waals surface area contributed by atoms with Crippen molar-refractivity contribution in [1.29, 1.82) is 0 Å². The number of carbonyl (C=O) groups is 2. The molecule has 2 aliphatic rings. The lowest BCUT2D eigenvalue weighted by Crippen LogP contribution is -2.36. The van der Waals surface area contributed by atoms with Crippen LogP contribution in [0.15, 0.2) is 58.9 Å². The van der Waals surface area contributed by atoms with Gasteiger partial charge in [0.15, 0.2) is 28.8 Å². The van der Waals surface area contributed by atoms with Gasteiger partial charge in [0.25, 0.3) is 0 Å². The smallest absolute Gasteiger partial charge is 0.336 e. The Bertz CT molecular complexity index is 1330. The number of hydrogen-bond acceptors (Lipinski definition) is 9. The van der Waals surface area contributed by atoms with Crippen molar-refractivity contribution in [3.63, 3.8) is 0 Å². The zero-order valence-electron chi connectivity index (χ0n) is 23.7. The lowest BCUT2D eigenvalue weighted by molar-refractivity contribution is -0.138. The van der Waals surface area contributed by atoms with Crippen LogP contribution in [0, 0.1) is 0 Å². The molecule has 0 bridgehead atoms. The Morgan fingerprint density at radius 2 is 1.75 bits per heavy atom. The van der Waals surface area contributed by atoms with Crippen molar-refractivity contribution in [2.75, 3.05) is 38.9 Å². The molecule has 1 aliphatic carbocycles. The molecule has 0 saturated heterocycles. The molecule has 2 aromatic rings. The van der Waals surface area contributed by atoms with E-state index in [0.29, 0.717) is 58.4 Å². The Kier molecular flexibility index (Phi) is 9.68. The highest BCUT2D eigenvalue weighted by molar-refractivity contribution is 7.99. The fourth-order valence-electron chi connectivity index (χ4n) is 5.38. The first-order chi connectivity index (χ1) is 19.3. The highest BCUT2D eigenvalue weighted by atomic mass is 32.2. The molecule has 4 rings (SSSR count). The maximum absolute atomic E-state index is 13.9. The molecule has 1 heterocycles. The SMILES string of the molecule is CCOc1cc([C@H]2C(C(=O)OCCSCC)=C(C)NC3=C2C(=O)C[C@@H](c2ccc(OC)c(OC)c2)C3)ccc1O. The zero-order chi connectivity index (χ0) is 28.8. The second-order valence-corrected chi connectivity index (χ2v) is 11.0. The normalized spacial score (nSPS) is 18.7. The molecule has 214 valence electrons. The van der Waals surface area contributed by atoms with Crippen LogP contribution in [-0.4, -0.2) is 55.8 Å². The first-order valence-electron chi connectivity index (χ1n) is 13.5. The lowest BCUT2D eigenvalue weighted by atomic mass is 9.71. The first kappa shape index (κ1) is 29.4. The highest BCUT2D eigenvalue weighted by Crippen LogP contribution is 2.47. The molecule has 0 fully saturated rings. The number of methoxy groups -OCH3 is 2. The van der Waals surface area contributed by atoms with Crippen LogP contribution in [-0.2, 0) is 14.3 Å². The van der Waals surface area contributed by atoms with Gasteiger partial charge in [0.1, 0.15) is 6.61 Å². The average molecular weight is 568 g/mol. The molecule has 0 amide bonds. The van der Waals surface area contributed by atoms with E-state index in [4.69, 9.17) is 18.9 Å². The fraction of sp³-hybridized carbons (Fsp3) is 0.419. The Morgan fingerprint density at radius 1 is 1.02 bits per heavy atom. The molecule has 0 aromatic heterocycles.